The monoisotopic (exact) mass is 244 g/mol. The Labute approximate surface area is 109 Å². The molecule has 1 aromatic rings. The summed E-state index contributed by atoms with van der Waals surface area (Å²) in [5.74, 6) is -0.148. The molecule has 1 amide bonds. The van der Waals surface area contributed by atoms with Crippen molar-refractivity contribution in [1.82, 2.24) is 5.32 Å². The molecule has 0 saturated heterocycles. The molecule has 0 aliphatic heterocycles. The molecule has 0 aromatic heterocycles. The van der Waals surface area contributed by atoms with E-state index in [1.165, 1.54) is 0 Å². The lowest BCUT2D eigenvalue weighted by Gasteiger charge is -2.14. The first-order valence-corrected chi connectivity index (χ1v) is 6.28. The van der Waals surface area contributed by atoms with Crippen molar-refractivity contribution in [3.05, 3.63) is 34.4 Å². The fourth-order valence-corrected chi connectivity index (χ4v) is 2.23. The second-order valence-corrected chi connectivity index (χ2v) is 4.72. The Kier molecular flexibility index (Phi) is 4.91. The van der Waals surface area contributed by atoms with Gasteiger partial charge in [0, 0.05) is 5.56 Å². The van der Waals surface area contributed by atoms with Crippen molar-refractivity contribution in [2.75, 3.05) is 0 Å². The van der Waals surface area contributed by atoms with Crippen molar-refractivity contribution in [1.29, 1.82) is 5.26 Å². The van der Waals surface area contributed by atoms with E-state index in [1.54, 1.807) is 0 Å². The maximum Gasteiger partial charge on any atom is 0.252 e. The van der Waals surface area contributed by atoms with E-state index in [9.17, 15) is 4.79 Å². The lowest BCUT2D eigenvalue weighted by Crippen LogP contribution is -2.34. The van der Waals surface area contributed by atoms with E-state index in [-0.39, 0.29) is 5.91 Å². The molecule has 3 heteroatoms. The van der Waals surface area contributed by atoms with Gasteiger partial charge in [0.1, 0.15) is 6.04 Å². The second kappa shape index (κ2) is 6.20. The van der Waals surface area contributed by atoms with Crippen LogP contribution in [-0.4, -0.2) is 11.9 Å². The van der Waals surface area contributed by atoms with Gasteiger partial charge in [-0.3, -0.25) is 4.79 Å². The zero-order chi connectivity index (χ0) is 13.7. The third-order valence-corrected chi connectivity index (χ3v) is 2.94. The van der Waals surface area contributed by atoms with Crippen LogP contribution >= 0.6 is 0 Å². The molecule has 0 fully saturated rings. The molecule has 3 nitrogen and oxygen atoms in total. The normalized spacial score (nSPS) is 11.7. The molecule has 96 valence electrons. The smallest absolute Gasteiger partial charge is 0.252 e. The summed E-state index contributed by atoms with van der Waals surface area (Å²) in [5.41, 5.74) is 3.75. The lowest BCUT2D eigenvalue weighted by atomic mass is 9.99. The average Bonchev–Trinajstić information content (AvgIpc) is 2.26. The number of nitriles is 1. The third kappa shape index (κ3) is 3.33. The zero-order valence-corrected chi connectivity index (χ0v) is 11.5. The molecule has 1 N–H and O–H groups in total. The largest absolute Gasteiger partial charge is 0.336 e. The number of carbonyl (C=O) groups is 1. The van der Waals surface area contributed by atoms with Crippen LogP contribution in [-0.2, 0) is 0 Å². The average molecular weight is 244 g/mol. The Morgan fingerprint density at radius 2 is 1.89 bits per heavy atom. The minimum absolute atomic E-state index is 0.148. The first-order chi connectivity index (χ1) is 8.49. The van der Waals surface area contributed by atoms with Gasteiger partial charge < -0.3 is 5.32 Å². The summed E-state index contributed by atoms with van der Waals surface area (Å²) < 4.78 is 0. The van der Waals surface area contributed by atoms with Gasteiger partial charge in [0.15, 0.2) is 0 Å². The number of hydrogen-bond donors (Lipinski definition) is 1. The molecule has 0 aliphatic carbocycles. The van der Waals surface area contributed by atoms with Crippen molar-refractivity contribution < 1.29 is 4.79 Å². The van der Waals surface area contributed by atoms with Crippen LogP contribution in [0.1, 0.15) is 46.8 Å². The fraction of sp³-hybridized carbons (Fsp3) is 0.467. The number of rotatable bonds is 4. The van der Waals surface area contributed by atoms with Crippen LogP contribution in [0.5, 0.6) is 0 Å². The summed E-state index contributed by atoms with van der Waals surface area (Å²) >= 11 is 0. The minimum Gasteiger partial charge on any atom is -0.336 e. The molecule has 0 spiro atoms. The van der Waals surface area contributed by atoms with Gasteiger partial charge in [0.25, 0.3) is 5.91 Å². The van der Waals surface area contributed by atoms with Gasteiger partial charge in [-0.05, 0) is 38.3 Å². The summed E-state index contributed by atoms with van der Waals surface area (Å²) in [6.45, 7) is 7.86. The van der Waals surface area contributed by atoms with Crippen molar-refractivity contribution in [2.45, 2.75) is 46.6 Å². The Morgan fingerprint density at radius 1 is 1.33 bits per heavy atom. The zero-order valence-electron chi connectivity index (χ0n) is 11.5. The standard InChI is InChI=1S/C15H20N2O/c1-5-6-13(9-16)17-15(18)14-11(3)7-10(2)8-12(14)4/h7-8,13H,5-6H2,1-4H3,(H,17,18). The van der Waals surface area contributed by atoms with Crippen LogP contribution in [0.2, 0.25) is 0 Å². The molecule has 0 saturated carbocycles. The summed E-state index contributed by atoms with van der Waals surface area (Å²) in [7, 11) is 0. The van der Waals surface area contributed by atoms with Crippen LogP contribution < -0.4 is 5.32 Å². The summed E-state index contributed by atoms with van der Waals surface area (Å²) in [5, 5.41) is 11.8. The SMILES string of the molecule is CCCC(C#N)NC(=O)c1c(C)cc(C)cc1C. The van der Waals surface area contributed by atoms with Crippen LogP contribution in [0.25, 0.3) is 0 Å². The highest BCUT2D eigenvalue weighted by molar-refractivity contribution is 5.97. The number of amides is 1. The molecule has 18 heavy (non-hydrogen) atoms. The van der Waals surface area contributed by atoms with E-state index in [4.69, 9.17) is 5.26 Å². The molecule has 0 heterocycles. The van der Waals surface area contributed by atoms with E-state index < -0.39 is 6.04 Å². The molecule has 0 bridgehead atoms. The first-order valence-electron chi connectivity index (χ1n) is 6.28. The van der Waals surface area contributed by atoms with Crippen molar-refractivity contribution in [3.8, 4) is 6.07 Å². The van der Waals surface area contributed by atoms with Crippen molar-refractivity contribution in [2.24, 2.45) is 0 Å². The number of benzene rings is 1. The van der Waals surface area contributed by atoms with Crippen LogP contribution in [0, 0.1) is 32.1 Å². The summed E-state index contributed by atoms with van der Waals surface area (Å²) in [6.07, 6.45) is 1.57. The summed E-state index contributed by atoms with van der Waals surface area (Å²) in [4.78, 5) is 12.2. The Morgan fingerprint density at radius 3 is 2.33 bits per heavy atom. The van der Waals surface area contributed by atoms with Gasteiger partial charge in [-0.15, -0.1) is 0 Å². The third-order valence-electron chi connectivity index (χ3n) is 2.94. The number of hydrogen-bond acceptors (Lipinski definition) is 2. The van der Waals surface area contributed by atoms with Gasteiger partial charge in [0.05, 0.1) is 6.07 Å². The molecule has 1 aromatic carbocycles. The van der Waals surface area contributed by atoms with E-state index in [1.807, 2.05) is 39.8 Å². The van der Waals surface area contributed by atoms with Gasteiger partial charge in [-0.1, -0.05) is 31.0 Å². The van der Waals surface area contributed by atoms with Crippen molar-refractivity contribution >= 4 is 5.91 Å². The van der Waals surface area contributed by atoms with Crippen LogP contribution in [0.15, 0.2) is 12.1 Å². The lowest BCUT2D eigenvalue weighted by molar-refractivity contribution is 0.0942. The molecule has 1 atom stereocenters. The topological polar surface area (TPSA) is 52.9 Å². The molecule has 0 aliphatic rings. The Balaban J connectivity index is 2.95. The van der Waals surface area contributed by atoms with E-state index >= 15 is 0 Å². The predicted octanol–water partition coefficient (Wildman–Crippen LogP) is 3.03. The van der Waals surface area contributed by atoms with Gasteiger partial charge in [-0.25, -0.2) is 0 Å². The van der Waals surface area contributed by atoms with Crippen molar-refractivity contribution in [3.63, 3.8) is 0 Å². The molecular formula is C15H20N2O. The molecule has 1 rings (SSSR count). The second-order valence-electron chi connectivity index (χ2n) is 4.72. The molecular weight excluding hydrogens is 224 g/mol. The van der Waals surface area contributed by atoms with E-state index in [0.29, 0.717) is 12.0 Å². The maximum atomic E-state index is 12.2. The van der Waals surface area contributed by atoms with E-state index in [2.05, 4.69) is 11.4 Å². The van der Waals surface area contributed by atoms with Crippen LogP contribution in [0.3, 0.4) is 0 Å². The minimum atomic E-state index is -0.400. The maximum absolute atomic E-state index is 12.2. The van der Waals surface area contributed by atoms with Gasteiger partial charge >= 0.3 is 0 Å². The Bertz CT molecular complexity index is 463. The quantitative estimate of drug-likeness (QED) is 0.885. The molecule has 0 radical (unpaired) electrons. The predicted molar refractivity (Wildman–Crippen MR) is 72.4 cm³/mol. The summed E-state index contributed by atoms with van der Waals surface area (Å²) in [6, 6.07) is 5.70. The number of carbonyl (C=O) groups excluding carboxylic acids is 1. The highest BCUT2D eigenvalue weighted by atomic mass is 16.1. The highest BCUT2D eigenvalue weighted by Crippen LogP contribution is 2.16. The number of nitrogens with zero attached hydrogens (tertiary/aromatic N) is 1. The van der Waals surface area contributed by atoms with Crippen LogP contribution in [0.4, 0.5) is 0 Å². The Hall–Kier alpha value is -1.82. The number of aryl methyl sites for hydroxylation is 3. The van der Waals surface area contributed by atoms with E-state index in [0.717, 1.165) is 23.1 Å². The number of nitrogens with one attached hydrogen (secondary N) is 1. The molecule has 1 unspecified atom stereocenters. The van der Waals surface area contributed by atoms with Gasteiger partial charge in [0.2, 0.25) is 0 Å². The fourth-order valence-electron chi connectivity index (χ4n) is 2.23. The van der Waals surface area contributed by atoms with Gasteiger partial charge in [-0.2, -0.15) is 5.26 Å². The highest BCUT2D eigenvalue weighted by Gasteiger charge is 2.16. The first kappa shape index (κ1) is 14.2.